The number of hydrogen-bond donors (Lipinski definition) is 3. The Bertz CT molecular complexity index is 1320. The van der Waals surface area contributed by atoms with Gasteiger partial charge in [0.1, 0.15) is 22.5 Å². The number of hydrogen-bond acceptors (Lipinski definition) is 6. The molecule has 32 heavy (non-hydrogen) atoms. The average molecular weight is 446 g/mol. The summed E-state index contributed by atoms with van der Waals surface area (Å²) in [6, 6.07) is 18.0. The van der Waals surface area contributed by atoms with E-state index in [9.17, 15) is 9.59 Å². The average Bonchev–Trinajstić information content (AvgIpc) is 3.35. The van der Waals surface area contributed by atoms with Gasteiger partial charge in [0.2, 0.25) is 11.8 Å². The van der Waals surface area contributed by atoms with Crippen LogP contribution >= 0.6 is 11.3 Å². The van der Waals surface area contributed by atoms with Crippen LogP contribution < -0.4 is 15.4 Å². The molecule has 8 nitrogen and oxygen atoms in total. The van der Waals surface area contributed by atoms with Gasteiger partial charge in [-0.25, -0.2) is 0 Å². The minimum Gasteiger partial charge on any atom is -0.497 e. The molecule has 0 unspecified atom stereocenters. The van der Waals surface area contributed by atoms with Crippen LogP contribution in [0.2, 0.25) is 0 Å². The first-order chi connectivity index (χ1) is 15.6. The number of rotatable bonds is 7. The van der Waals surface area contributed by atoms with E-state index in [1.165, 1.54) is 11.3 Å². The van der Waals surface area contributed by atoms with Gasteiger partial charge in [0.15, 0.2) is 0 Å². The Morgan fingerprint density at radius 2 is 1.84 bits per heavy atom. The molecule has 2 aromatic heterocycles. The molecule has 2 aromatic carbocycles. The smallest absolute Gasteiger partial charge is 0.229 e. The number of H-pyrrole nitrogens is 1. The third-order valence-corrected chi connectivity index (χ3v) is 5.78. The molecule has 3 N–H and O–H groups in total. The predicted molar refractivity (Wildman–Crippen MR) is 123 cm³/mol. The van der Waals surface area contributed by atoms with Gasteiger partial charge in [0.25, 0.3) is 0 Å². The lowest BCUT2D eigenvalue weighted by atomic mass is 10.1. The number of thiophene rings is 1. The maximum Gasteiger partial charge on any atom is 0.229 e. The monoisotopic (exact) mass is 445 g/mol. The fourth-order valence-corrected chi connectivity index (χ4v) is 4.19. The number of nitrogens with one attached hydrogen (secondary N) is 3. The van der Waals surface area contributed by atoms with E-state index in [0.717, 1.165) is 21.6 Å². The Balaban J connectivity index is 1.41. The summed E-state index contributed by atoms with van der Waals surface area (Å²) in [4.78, 5) is 26.4. The number of benzene rings is 2. The van der Waals surface area contributed by atoms with Gasteiger partial charge < -0.3 is 15.4 Å². The Kier molecular flexibility index (Phi) is 6.14. The van der Waals surface area contributed by atoms with Crippen LogP contribution in [0.1, 0.15) is 16.0 Å². The van der Waals surface area contributed by atoms with Crippen LogP contribution in [-0.2, 0) is 22.4 Å². The molecule has 0 radical (unpaired) electrons. The molecule has 2 heterocycles. The number of para-hydroxylation sites is 1. The van der Waals surface area contributed by atoms with Gasteiger partial charge in [-0.2, -0.15) is 10.4 Å². The van der Waals surface area contributed by atoms with Gasteiger partial charge in [-0.1, -0.05) is 24.3 Å². The molecule has 4 rings (SSSR count). The maximum absolute atomic E-state index is 12.4. The van der Waals surface area contributed by atoms with E-state index in [0.29, 0.717) is 21.9 Å². The lowest BCUT2D eigenvalue weighted by Gasteiger charge is -2.06. The molecular formula is C23H19N5O3S. The number of fused-ring (bicyclic) bond motifs is 1. The zero-order valence-corrected chi connectivity index (χ0v) is 18.0. The van der Waals surface area contributed by atoms with E-state index in [4.69, 9.17) is 10.00 Å². The van der Waals surface area contributed by atoms with Crippen LogP contribution in [-0.4, -0.2) is 29.1 Å². The predicted octanol–water partition coefficient (Wildman–Crippen LogP) is 3.87. The highest BCUT2D eigenvalue weighted by Crippen LogP contribution is 2.30. The molecule has 0 saturated carbocycles. The van der Waals surface area contributed by atoms with E-state index < -0.39 is 0 Å². The zero-order valence-electron chi connectivity index (χ0n) is 17.1. The summed E-state index contributed by atoms with van der Waals surface area (Å²) in [5.74, 6) is 0.816. The fraction of sp³-hybridized carbons (Fsp3) is 0.130. The maximum atomic E-state index is 12.4. The number of carbonyl (C=O) groups excluding carboxylic acids is 2. The first kappa shape index (κ1) is 21.1. The first-order valence-electron chi connectivity index (χ1n) is 9.74. The number of carbonyl (C=O) groups is 2. The van der Waals surface area contributed by atoms with Gasteiger partial charge in [-0.15, -0.1) is 11.3 Å². The summed E-state index contributed by atoms with van der Waals surface area (Å²) in [6.45, 7) is 0. The molecule has 0 spiro atoms. The van der Waals surface area contributed by atoms with Crippen LogP contribution in [0.3, 0.4) is 0 Å². The van der Waals surface area contributed by atoms with Crippen LogP contribution in [0.15, 0.2) is 54.6 Å². The quantitative estimate of drug-likeness (QED) is 0.399. The second-order valence-electron chi connectivity index (χ2n) is 6.99. The van der Waals surface area contributed by atoms with Crippen LogP contribution in [0.5, 0.6) is 5.75 Å². The van der Waals surface area contributed by atoms with Gasteiger partial charge in [0.05, 0.1) is 36.6 Å². The number of ether oxygens (including phenoxy) is 1. The number of aromatic nitrogens is 2. The van der Waals surface area contributed by atoms with Crippen molar-refractivity contribution in [1.29, 1.82) is 5.26 Å². The van der Waals surface area contributed by atoms with Crippen molar-refractivity contribution in [3.8, 4) is 11.8 Å². The molecule has 160 valence electrons. The van der Waals surface area contributed by atoms with Gasteiger partial charge in [0, 0.05) is 4.88 Å². The number of amides is 2. The molecule has 0 aliphatic carbocycles. The summed E-state index contributed by atoms with van der Waals surface area (Å²) in [7, 11) is 1.59. The molecular weight excluding hydrogens is 426 g/mol. The van der Waals surface area contributed by atoms with Crippen molar-refractivity contribution in [2.75, 3.05) is 17.7 Å². The molecule has 0 aliphatic rings. The number of nitrogens with zero attached hydrogens (tertiary/aromatic N) is 2. The van der Waals surface area contributed by atoms with E-state index in [-0.39, 0.29) is 24.7 Å². The molecule has 2 amide bonds. The minimum absolute atomic E-state index is 0.139. The summed E-state index contributed by atoms with van der Waals surface area (Å²) in [6.07, 6.45) is 0.349. The van der Waals surface area contributed by atoms with Crippen LogP contribution in [0.25, 0.3) is 10.2 Å². The number of methoxy groups -OCH3 is 1. The standard InChI is InChI=1S/C23H19N5O3S/c1-31-16-8-6-14(7-9-16)10-20(29)26-22-18-11-17(32-23(18)28-27-22)12-21(30)25-19-5-3-2-4-15(19)13-24/h2-9,11H,10,12H2,1H3,(H,25,30)(H2,26,27,28,29). The van der Waals surface area contributed by atoms with Crippen molar-refractivity contribution in [2.45, 2.75) is 12.8 Å². The van der Waals surface area contributed by atoms with Crippen molar-refractivity contribution >= 4 is 44.9 Å². The molecule has 0 atom stereocenters. The van der Waals surface area contributed by atoms with E-state index in [2.05, 4.69) is 26.9 Å². The van der Waals surface area contributed by atoms with E-state index in [1.54, 1.807) is 31.4 Å². The zero-order chi connectivity index (χ0) is 22.5. The van der Waals surface area contributed by atoms with Crippen molar-refractivity contribution in [2.24, 2.45) is 0 Å². The summed E-state index contributed by atoms with van der Waals surface area (Å²) >= 11 is 1.37. The second-order valence-corrected chi connectivity index (χ2v) is 8.10. The minimum atomic E-state index is -0.231. The van der Waals surface area contributed by atoms with Crippen molar-refractivity contribution in [1.82, 2.24) is 10.2 Å². The Morgan fingerprint density at radius 1 is 1.09 bits per heavy atom. The fourth-order valence-electron chi connectivity index (χ4n) is 3.20. The van der Waals surface area contributed by atoms with Crippen molar-refractivity contribution < 1.29 is 14.3 Å². The van der Waals surface area contributed by atoms with Gasteiger partial charge in [-0.3, -0.25) is 14.7 Å². The number of aromatic amines is 1. The second kappa shape index (κ2) is 9.32. The third-order valence-electron chi connectivity index (χ3n) is 4.75. The van der Waals surface area contributed by atoms with Crippen molar-refractivity contribution in [3.63, 3.8) is 0 Å². The Morgan fingerprint density at radius 3 is 2.59 bits per heavy atom. The molecule has 0 fully saturated rings. The highest BCUT2D eigenvalue weighted by molar-refractivity contribution is 7.18. The van der Waals surface area contributed by atoms with Crippen LogP contribution in [0, 0.1) is 11.3 Å². The highest BCUT2D eigenvalue weighted by atomic mass is 32.1. The van der Waals surface area contributed by atoms with Crippen LogP contribution in [0.4, 0.5) is 11.5 Å². The molecule has 4 aromatic rings. The molecule has 0 bridgehead atoms. The third kappa shape index (κ3) is 4.77. The molecule has 0 aliphatic heterocycles. The largest absolute Gasteiger partial charge is 0.497 e. The lowest BCUT2D eigenvalue weighted by Crippen LogP contribution is -2.15. The normalized spacial score (nSPS) is 10.5. The van der Waals surface area contributed by atoms with Gasteiger partial charge in [-0.05, 0) is 35.9 Å². The van der Waals surface area contributed by atoms with Crippen molar-refractivity contribution in [3.05, 3.63) is 70.6 Å². The Labute approximate surface area is 187 Å². The number of nitriles is 1. The Hall–Kier alpha value is -4.16. The highest BCUT2D eigenvalue weighted by Gasteiger charge is 2.15. The number of anilines is 2. The molecule has 0 saturated heterocycles. The molecule has 9 heteroatoms. The lowest BCUT2D eigenvalue weighted by molar-refractivity contribution is -0.116. The SMILES string of the molecule is COc1ccc(CC(=O)Nc2[nH]nc3sc(CC(=O)Nc4ccccc4C#N)cc23)cc1. The van der Waals surface area contributed by atoms with E-state index >= 15 is 0 Å². The summed E-state index contributed by atoms with van der Waals surface area (Å²) < 4.78 is 5.13. The topological polar surface area (TPSA) is 120 Å². The van der Waals surface area contributed by atoms with Gasteiger partial charge >= 0.3 is 0 Å². The first-order valence-corrected chi connectivity index (χ1v) is 10.6. The summed E-state index contributed by atoms with van der Waals surface area (Å²) in [5.41, 5.74) is 1.75. The van der Waals surface area contributed by atoms with E-state index in [1.807, 2.05) is 30.3 Å². The summed E-state index contributed by atoms with van der Waals surface area (Å²) in [5, 5.41) is 22.6.